The van der Waals surface area contributed by atoms with Crippen LogP contribution in [-0.4, -0.2) is 19.9 Å². The first-order chi connectivity index (χ1) is 24.8. The fraction of sp³-hybridized carbons (Fsp3) is 0. The molecule has 9 aromatic rings. The van der Waals surface area contributed by atoms with Crippen LogP contribution in [0.3, 0.4) is 0 Å². The molecule has 4 nitrogen and oxygen atoms in total. The van der Waals surface area contributed by atoms with Crippen molar-refractivity contribution in [2.45, 2.75) is 0 Å². The highest BCUT2D eigenvalue weighted by molar-refractivity contribution is 6.10. The lowest BCUT2D eigenvalue weighted by atomic mass is 9.97. The summed E-state index contributed by atoms with van der Waals surface area (Å²) in [6.07, 6.45) is 1.88. The second-order valence-corrected chi connectivity index (χ2v) is 12.3. The van der Waals surface area contributed by atoms with Crippen LogP contribution in [0.25, 0.3) is 89.2 Å². The molecule has 0 amide bonds. The van der Waals surface area contributed by atoms with E-state index in [0.29, 0.717) is 5.82 Å². The number of pyridine rings is 2. The van der Waals surface area contributed by atoms with Gasteiger partial charge in [0.25, 0.3) is 0 Å². The van der Waals surface area contributed by atoms with Gasteiger partial charge in [0.05, 0.1) is 28.3 Å². The molecule has 0 radical (unpaired) electrons. The highest BCUT2D eigenvalue weighted by Crippen LogP contribution is 2.34. The summed E-state index contributed by atoms with van der Waals surface area (Å²) in [6, 6.07) is 60.8. The first kappa shape index (κ1) is 29.4. The van der Waals surface area contributed by atoms with Crippen LogP contribution < -0.4 is 0 Å². The topological polar surface area (TPSA) is 51.6 Å². The summed E-state index contributed by atoms with van der Waals surface area (Å²) in [5.74, 6) is 0.709. The average molecular weight is 639 g/mol. The number of benzene rings is 6. The van der Waals surface area contributed by atoms with Crippen LogP contribution in [0.1, 0.15) is 0 Å². The fourth-order valence-corrected chi connectivity index (χ4v) is 6.62. The third-order valence-electron chi connectivity index (χ3n) is 9.15. The largest absolute Gasteiger partial charge is 0.255 e. The smallest absolute Gasteiger partial charge is 0.160 e. The molecule has 3 heterocycles. The summed E-state index contributed by atoms with van der Waals surface area (Å²) >= 11 is 0. The van der Waals surface area contributed by atoms with Gasteiger partial charge in [-0.05, 0) is 58.0 Å². The zero-order chi connectivity index (χ0) is 33.3. The Morgan fingerprint density at radius 1 is 0.300 bits per heavy atom. The number of hydrogen-bond donors (Lipinski definition) is 0. The minimum absolute atomic E-state index is 0.709. The molecule has 3 aromatic heterocycles. The molecule has 50 heavy (non-hydrogen) atoms. The van der Waals surface area contributed by atoms with E-state index in [4.69, 9.17) is 19.9 Å². The Bertz CT molecular complexity index is 2580. The number of rotatable bonds is 6. The van der Waals surface area contributed by atoms with Gasteiger partial charge < -0.3 is 0 Å². The summed E-state index contributed by atoms with van der Waals surface area (Å²) in [7, 11) is 0. The molecule has 6 aromatic carbocycles. The molecule has 0 aliphatic heterocycles. The maximum atomic E-state index is 5.07. The normalized spacial score (nSPS) is 11.2. The Kier molecular flexibility index (Phi) is 7.45. The van der Waals surface area contributed by atoms with E-state index in [2.05, 4.69) is 133 Å². The third-order valence-corrected chi connectivity index (χ3v) is 9.15. The molecule has 0 N–H and O–H groups in total. The van der Waals surface area contributed by atoms with Gasteiger partial charge in [-0.15, -0.1) is 0 Å². The van der Waals surface area contributed by atoms with Crippen molar-refractivity contribution in [3.8, 4) is 67.5 Å². The molecule has 0 spiro atoms. The van der Waals surface area contributed by atoms with Crippen molar-refractivity contribution >= 4 is 21.7 Å². The van der Waals surface area contributed by atoms with Crippen molar-refractivity contribution in [1.82, 2.24) is 19.9 Å². The number of para-hydroxylation sites is 1. The SMILES string of the molecule is c1ccc(-c2cc(-c3cccc(-c4ccc(-c5ccnc(-c6nc7ccccc7c7ccccc67)c5)cc4)c3)nc(-c3ccccc3)n2)cc1. The number of aromatic nitrogens is 4. The average Bonchev–Trinajstić information content (AvgIpc) is 3.21. The molecule has 0 unspecified atom stereocenters. The molecule has 4 heteroatoms. The van der Waals surface area contributed by atoms with Gasteiger partial charge in [0.1, 0.15) is 0 Å². The van der Waals surface area contributed by atoms with Crippen molar-refractivity contribution in [3.05, 3.63) is 182 Å². The Morgan fingerprint density at radius 3 is 1.60 bits per heavy atom. The monoisotopic (exact) mass is 638 g/mol. The van der Waals surface area contributed by atoms with E-state index in [-0.39, 0.29) is 0 Å². The quantitative estimate of drug-likeness (QED) is 0.170. The molecule has 0 atom stereocenters. The van der Waals surface area contributed by atoms with Crippen molar-refractivity contribution in [2.75, 3.05) is 0 Å². The maximum Gasteiger partial charge on any atom is 0.160 e. The fourth-order valence-electron chi connectivity index (χ4n) is 6.62. The van der Waals surface area contributed by atoms with Crippen molar-refractivity contribution in [1.29, 1.82) is 0 Å². The molecular weight excluding hydrogens is 609 g/mol. The number of nitrogens with zero attached hydrogens (tertiary/aromatic N) is 4. The van der Waals surface area contributed by atoms with Gasteiger partial charge in [0, 0.05) is 33.7 Å². The zero-order valence-corrected chi connectivity index (χ0v) is 27.1. The van der Waals surface area contributed by atoms with E-state index >= 15 is 0 Å². The second-order valence-electron chi connectivity index (χ2n) is 12.3. The van der Waals surface area contributed by atoms with Gasteiger partial charge in [-0.3, -0.25) is 4.98 Å². The van der Waals surface area contributed by atoms with Crippen LogP contribution in [0.15, 0.2) is 182 Å². The van der Waals surface area contributed by atoms with Crippen LogP contribution in [0.5, 0.6) is 0 Å². The van der Waals surface area contributed by atoms with Crippen LogP contribution in [0.4, 0.5) is 0 Å². The Morgan fingerprint density at radius 2 is 0.860 bits per heavy atom. The molecule has 0 aliphatic carbocycles. The molecule has 0 fully saturated rings. The first-order valence-corrected chi connectivity index (χ1v) is 16.7. The summed E-state index contributed by atoms with van der Waals surface area (Å²) in [4.78, 5) is 19.8. The highest BCUT2D eigenvalue weighted by atomic mass is 14.9. The Balaban J connectivity index is 1.06. The molecule has 9 rings (SSSR count). The summed E-state index contributed by atoms with van der Waals surface area (Å²) in [6.45, 7) is 0. The third kappa shape index (κ3) is 5.59. The van der Waals surface area contributed by atoms with E-state index in [1.165, 1.54) is 5.39 Å². The number of hydrogen-bond acceptors (Lipinski definition) is 4. The summed E-state index contributed by atoms with van der Waals surface area (Å²) in [5, 5.41) is 3.43. The summed E-state index contributed by atoms with van der Waals surface area (Å²) < 4.78 is 0. The minimum atomic E-state index is 0.709. The van der Waals surface area contributed by atoms with Gasteiger partial charge in [-0.1, -0.05) is 146 Å². The lowest BCUT2D eigenvalue weighted by Crippen LogP contribution is -1.96. The Hall–Kier alpha value is -6.78. The van der Waals surface area contributed by atoms with Crippen molar-refractivity contribution in [3.63, 3.8) is 0 Å². The summed E-state index contributed by atoms with van der Waals surface area (Å²) in [5.41, 5.74) is 12.1. The van der Waals surface area contributed by atoms with Crippen LogP contribution in [0, 0.1) is 0 Å². The first-order valence-electron chi connectivity index (χ1n) is 16.7. The van der Waals surface area contributed by atoms with Crippen molar-refractivity contribution < 1.29 is 0 Å². The minimum Gasteiger partial charge on any atom is -0.255 e. The predicted octanol–water partition coefficient (Wildman–Crippen LogP) is 11.6. The zero-order valence-electron chi connectivity index (χ0n) is 27.1. The Labute approximate surface area is 290 Å². The van der Waals surface area contributed by atoms with Gasteiger partial charge in [-0.2, -0.15) is 0 Å². The van der Waals surface area contributed by atoms with E-state index < -0.39 is 0 Å². The second kappa shape index (κ2) is 12.7. The van der Waals surface area contributed by atoms with Gasteiger partial charge in [0.2, 0.25) is 0 Å². The van der Waals surface area contributed by atoms with Crippen molar-refractivity contribution in [2.24, 2.45) is 0 Å². The standard InChI is InChI=1S/C46H30N4/c1-3-12-33(13-4-1)42-30-43(50-46(49-42)34-14-5-2-6-15-34)37-17-11-16-35(28-37)31-22-24-32(25-23-31)36-26-27-47-44(29-36)45-40-20-8-7-18-38(40)39-19-9-10-21-41(39)48-45/h1-30H. The molecular formula is C46H30N4. The lowest BCUT2D eigenvalue weighted by molar-refractivity contribution is 1.18. The van der Waals surface area contributed by atoms with Gasteiger partial charge in [0.15, 0.2) is 5.82 Å². The van der Waals surface area contributed by atoms with Gasteiger partial charge in [-0.25, -0.2) is 15.0 Å². The van der Waals surface area contributed by atoms with Crippen LogP contribution >= 0.6 is 0 Å². The van der Waals surface area contributed by atoms with Crippen LogP contribution in [0.2, 0.25) is 0 Å². The molecule has 0 bridgehead atoms. The van der Waals surface area contributed by atoms with E-state index in [1.807, 2.05) is 48.7 Å². The predicted molar refractivity (Wildman–Crippen MR) is 205 cm³/mol. The van der Waals surface area contributed by atoms with Crippen LogP contribution in [-0.2, 0) is 0 Å². The van der Waals surface area contributed by atoms with E-state index in [0.717, 1.165) is 78.0 Å². The number of fused-ring (bicyclic) bond motifs is 3. The molecule has 0 aliphatic rings. The van der Waals surface area contributed by atoms with E-state index in [1.54, 1.807) is 0 Å². The highest BCUT2D eigenvalue weighted by Gasteiger charge is 2.14. The van der Waals surface area contributed by atoms with E-state index in [9.17, 15) is 0 Å². The molecule has 0 saturated heterocycles. The maximum absolute atomic E-state index is 5.07. The molecule has 234 valence electrons. The van der Waals surface area contributed by atoms with Gasteiger partial charge >= 0.3 is 0 Å². The molecule has 0 saturated carbocycles. The lowest BCUT2D eigenvalue weighted by Gasteiger charge is -2.11.